The Bertz CT molecular complexity index is 708. The van der Waals surface area contributed by atoms with Crippen molar-refractivity contribution in [3.8, 4) is 0 Å². The molecule has 0 aromatic heterocycles. The van der Waals surface area contributed by atoms with Crippen LogP contribution in [0.15, 0.2) is 23.1 Å². The first-order chi connectivity index (χ1) is 11.7. The highest BCUT2D eigenvalue weighted by Gasteiger charge is 2.29. The maximum Gasteiger partial charge on any atom is 0.243 e. The highest BCUT2D eigenvalue weighted by Crippen LogP contribution is 2.20. The lowest BCUT2D eigenvalue weighted by molar-refractivity contribution is -0.122. The van der Waals surface area contributed by atoms with Gasteiger partial charge in [-0.05, 0) is 43.0 Å². The predicted molar refractivity (Wildman–Crippen MR) is 99.0 cm³/mol. The summed E-state index contributed by atoms with van der Waals surface area (Å²) < 4.78 is 27.1. The third-order valence-electron chi connectivity index (χ3n) is 4.52. The Balaban J connectivity index is 1.92. The number of rotatable bonds is 6. The largest absolute Gasteiger partial charge is 0.355 e. The van der Waals surface area contributed by atoms with Gasteiger partial charge in [0.1, 0.15) is 0 Å². The van der Waals surface area contributed by atoms with Gasteiger partial charge in [-0.25, -0.2) is 8.42 Å². The number of aryl methyl sites for hydroxylation is 2. The molecule has 1 aromatic carbocycles. The van der Waals surface area contributed by atoms with Crippen molar-refractivity contribution in [3.63, 3.8) is 0 Å². The summed E-state index contributed by atoms with van der Waals surface area (Å²) in [7, 11) is -3.47. The van der Waals surface area contributed by atoms with E-state index in [0.717, 1.165) is 11.1 Å². The van der Waals surface area contributed by atoms with Gasteiger partial charge in [-0.1, -0.05) is 19.9 Å². The van der Waals surface area contributed by atoms with Gasteiger partial charge in [0, 0.05) is 32.7 Å². The van der Waals surface area contributed by atoms with Crippen molar-refractivity contribution >= 4 is 15.9 Å². The fourth-order valence-corrected chi connectivity index (χ4v) is 4.24. The molecule has 0 unspecified atom stereocenters. The van der Waals surface area contributed by atoms with Gasteiger partial charge in [-0.3, -0.25) is 9.69 Å². The molecular weight excluding hydrogens is 338 g/mol. The van der Waals surface area contributed by atoms with E-state index in [-0.39, 0.29) is 5.91 Å². The van der Waals surface area contributed by atoms with Crippen LogP contribution in [-0.4, -0.2) is 62.8 Å². The zero-order valence-electron chi connectivity index (χ0n) is 15.6. The summed E-state index contributed by atoms with van der Waals surface area (Å²) in [4.78, 5) is 14.2. The highest BCUT2D eigenvalue weighted by molar-refractivity contribution is 7.89. The first kappa shape index (κ1) is 19.9. The van der Waals surface area contributed by atoms with Crippen LogP contribution in [0.1, 0.15) is 25.0 Å². The van der Waals surface area contributed by atoms with E-state index in [1.165, 1.54) is 4.31 Å². The first-order valence-corrected chi connectivity index (χ1v) is 10.2. The van der Waals surface area contributed by atoms with Crippen molar-refractivity contribution in [2.75, 3.05) is 39.3 Å². The van der Waals surface area contributed by atoms with Crippen LogP contribution in [0, 0.1) is 19.8 Å². The molecule has 0 radical (unpaired) electrons. The van der Waals surface area contributed by atoms with Gasteiger partial charge in [0.25, 0.3) is 0 Å². The Kier molecular flexibility index (Phi) is 6.59. The van der Waals surface area contributed by atoms with Gasteiger partial charge in [0.15, 0.2) is 0 Å². The number of hydrogen-bond acceptors (Lipinski definition) is 4. The summed E-state index contributed by atoms with van der Waals surface area (Å²) >= 11 is 0. The van der Waals surface area contributed by atoms with Gasteiger partial charge in [0.2, 0.25) is 15.9 Å². The van der Waals surface area contributed by atoms with Gasteiger partial charge in [-0.2, -0.15) is 4.31 Å². The van der Waals surface area contributed by atoms with Gasteiger partial charge in [0.05, 0.1) is 11.4 Å². The average molecular weight is 368 g/mol. The summed E-state index contributed by atoms with van der Waals surface area (Å²) in [6, 6.07) is 5.25. The van der Waals surface area contributed by atoms with Crippen molar-refractivity contribution in [1.29, 1.82) is 0 Å². The fourth-order valence-electron chi connectivity index (χ4n) is 2.73. The average Bonchev–Trinajstić information content (AvgIpc) is 2.56. The molecule has 25 heavy (non-hydrogen) atoms. The van der Waals surface area contributed by atoms with Crippen LogP contribution in [0.3, 0.4) is 0 Å². The number of benzene rings is 1. The quantitative estimate of drug-likeness (QED) is 0.825. The molecule has 1 N–H and O–H groups in total. The van der Waals surface area contributed by atoms with Gasteiger partial charge >= 0.3 is 0 Å². The molecule has 1 heterocycles. The minimum absolute atomic E-state index is 0.000772. The van der Waals surface area contributed by atoms with Gasteiger partial charge in [-0.15, -0.1) is 0 Å². The second kappa shape index (κ2) is 8.29. The zero-order valence-corrected chi connectivity index (χ0v) is 16.4. The number of nitrogens with one attached hydrogen (secondary N) is 1. The fraction of sp³-hybridized carbons (Fsp3) is 0.611. The molecule has 0 saturated carbocycles. The number of sulfonamides is 1. The first-order valence-electron chi connectivity index (χ1n) is 8.76. The molecule has 1 aliphatic rings. The smallest absolute Gasteiger partial charge is 0.243 e. The van der Waals surface area contributed by atoms with E-state index >= 15 is 0 Å². The molecule has 1 saturated heterocycles. The highest BCUT2D eigenvalue weighted by atomic mass is 32.2. The summed E-state index contributed by atoms with van der Waals surface area (Å²) in [5, 5.41) is 2.90. The van der Waals surface area contributed by atoms with Crippen LogP contribution in [0.4, 0.5) is 0 Å². The molecule has 1 amide bonds. The van der Waals surface area contributed by atoms with Crippen LogP contribution in [0.2, 0.25) is 0 Å². The molecule has 0 aliphatic carbocycles. The Morgan fingerprint density at radius 1 is 1.12 bits per heavy atom. The maximum absolute atomic E-state index is 12.8. The minimum Gasteiger partial charge on any atom is -0.355 e. The monoisotopic (exact) mass is 367 g/mol. The van der Waals surface area contributed by atoms with Crippen LogP contribution < -0.4 is 5.32 Å². The lowest BCUT2D eigenvalue weighted by Crippen LogP contribution is -2.51. The molecule has 1 aliphatic heterocycles. The molecule has 1 fully saturated rings. The third-order valence-corrected chi connectivity index (χ3v) is 6.42. The number of carbonyl (C=O) groups excluding carboxylic acids is 1. The van der Waals surface area contributed by atoms with E-state index in [4.69, 9.17) is 0 Å². The molecule has 2 rings (SSSR count). The lowest BCUT2D eigenvalue weighted by atomic mass is 10.1. The molecule has 0 atom stereocenters. The number of nitrogens with zero attached hydrogens (tertiary/aromatic N) is 2. The summed E-state index contributed by atoms with van der Waals surface area (Å²) in [6.07, 6.45) is 0. The van der Waals surface area contributed by atoms with Crippen molar-refractivity contribution in [2.24, 2.45) is 5.92 Å². The minimum atomic E-state index is -3.47. The van der Waals surface area contributed by atoms with E-state index in [0.29, 0.717) is 50.1 Å². The maximum atomic E-state index is 12.8. The lowest BCUT2D eigenvalue weighted by Gasteiger charge is -2.33. The van der Waals surface area contributed by atoms with Crippen molar-refractivity contribution in [3.05, 3.63) is 29.3 Å². The van der Waals surface area contributed by atoms with Crippen LogP contribution >= 0.6 is 0 Å². The zero-order chi connectivity index (χ0) is 18.6. The van der Waals surface area contributed by atoms with Crippen molar-refractivity contribution in [2.45, 2.75) is 32.6 Å². The second-order valence-corrected chi connectivity index (χ2v) is 9.06. The number of piperazine rings is 1. The van der Waals surface area contributed by atoms with E-state index in [2.05, 4.69) is 19.2 Å². The van der Waals surface area contributed by atoms with Crippen LogP contribution in [-0.2, 0) is 14.8 Å². The van der Waals surface area contributed by atoms with E-state index < -0.39 is 10.0 Å². The summed E-state index contributed by atoms with van der Waals surface area (Å²) in [5.41, 5.74) is 2.05. The van der Waals surface area contributed by atoms with Crippen molar-refractivity contribution in [1.82, 2.24) is 14.5 Å². The van der Waals surface area contributed by atoms with E-state index in [9.17, 15) is 13.2 Å². The Morgan fingerprint density at radius 2 is 1.76 bits per heavy atom. The Hall–Kier alpha value is -1.44. The molecule has 0 bridgehead atoms. The normalized spacial score (nSPS) is 17.0. The second-order valence-electron chi connectivity index (χ2n) is 7.12. The number of hydrogen-bond donors (Lipinski definition) is 1. The molecule has 1 aromatic rings. The molecular formula is C18H29N3O3S. The standard InChI is InChI=1S/C18H29N3O3S/c1-14(2)12-19-18(22)13-20-7-9-21(10-8-20)25(23,24)17-6-5-15(3)16(4)11-17/h5-6,11,14H,7-10,12-13H2,1-4H3,(H,19,22). The Labute approximate surface area is 151 Å². The van der Waals surface area contributed by atoms with Crippen molar-refractivity contribution < 1.29 is 13.2 Å². The summed E-state index contributed by atoms with van der Waals surface area (Å²) in [6.45, 7) is 10.9. The Morgan fingerprint density at radius 3 is 2.32 bits per heavy atom. The third kappa shape index (κ3) is 5.26. The topological polar surface area (TPSA) is 69.7 Å². The molecule has 0 spiro atoms. The van der Waals surface area contributed by atoms with Gasteiger partial charge < -0.3 is 5.32 Å². The predicted octanol–water partition coefficient (Wildman–Crippen LogP) is 1.38. The SMILES string of the molecule is Cc1ccc(S(=O)(=O)N2CCN(CC(=O)NCC(C)C)CC2)cc1C. The van der Waals surface area contributed by atoms with E-state index in [1.54, 1.807) is 12.1 Å². The van der Waals surface area contributed by atoms with Crippen LogP contribution in [0.5, 0.6) is 0 Å². The number of carbonyl (C=O) groups is 1. The number of amides is 1. The van der Waals surface area contributed by atoms with Crippen LogP contribution in [0.25, 0.3) is 0 Å². The van der Waals surface area contributed by atoms with E-state index in [1.807, 2.05) is 24.8 Å². The molecule has 7 heteroatoms. The molecule has 6 nitrogen and oxygen atoms in total. The summed E-state index contributed by atoms with van der Waals surface area (Å²) in [5.74, 6) is 0.420. The molecule has 140 valence electrons.